The van der Waals surface area contributed by atoms with E-state index in [1.807, 2.05) is 48.5 Å². The molecule has 1 aliphatic carbocycles. The molecule has 1 aliphatic rings. The third kappa shape index (κ3) is 4.95. The van der Waals surface area contributed by atoms with Crippen LogP contribution in [0.25, 0.3) is 0 Å². The molecule has 0 radical (unpaired) electrons. The van der Waals surface area contributed by atoms with Crippen LogP contribution in [-0.4, -0.2) is 40.5 Å². The van der Waals surface area contributed by atoms with E-state index in [0.717, 1.165) is 48.3 Å². The van der Waals surface area contributed by atoms with Gasteiger partial charge in [-0.3, -0.25) is 4.79 Å². The van der Waals surface area contributed by atoms with Gasteiger partial charge in [0.25, 0.3) is 0 Å². The molecule has 0 bridgehead atoms. The number of ether oxygens (including phenoxy) is 1. The van der Waals surface area contributed by atoms with E-state index in [1.165, 1.54) is 5.56 Å². The summed E-state index contributed by atoms with van der Waals surface area (Å²) in [5.74, 6) is -0.492. The molecule has 1 fully saturated rings. The standard InChI is InChI=1S/C26H25N3O4S/c1-33-20-11-9-19(10-12-20)26(13-14-26)25(32)29(15-5-8-18-6-3-2-4-7-18)17-22-28-23(24(30)31)21(16-27)34-22/h2-4,6-7,9-12H,5,8,13-15,17H2,1H3,(H,30,31). The molecular formula is C26H25N3O4S. The van der Waals surface area contributed by atoms with Crippen molar-refractivity contribution in [2.45, 2.75) is 37.6 Å². The molecule has 0 spiro atoms. The third-order valence-electron chi connectivity index (χ3n) is 6.13. The Morgan fingerprint density at radius 3 is 2.44 bits per heavy atom. The zero-order valence-electron chi connectivity index (χ0n) is 18.9. The van der Waals surface area contributed by atoms with E-state index in [2.05, 4.69) is 17.1 Å². The highest BCUT2D eigenvalue weighted by molar-refractivity contribution is 7.12. The summed E-state index contributed by atoms with van der Waals surface area (Å²) in [5, 5.41) is 19.1. The predicted molar refractivity (Wildman–Crippen MR) is 128 cm³/mol. The molecule has 0 saturated heterocycles. The van der Waals surface area contributed by atoms with Crippen LogP contribution in [0.3, 0.4) is 0 Å². The first-order valence-corrected chi connectivity index (χ1v) is 11.9. The van der Waals surface area contributed by atoms with E-state index in [1.54, 1.807) is 12.0 Å². The molecule has 1 N–H and O–H groups in total. The zero-order valence-corrected chi connectivity index (χ0v) is 19.7. The highest BCUT2D eigenvalue weighted by Crippen LogP contribution is 2.50. The lowest BCUT2D eigenvalue weighted by Gasteiger charge is -2.27. The van der Waals surface area contributed by atoms with E-state index in [9.17, 15) is 20.0 Å². The van der Waals surface area contributed by atoms with Gasteiger partial charge in [0.1, 0.15) is 21.7 Å². The van der Waals surface area contributed by atoms with Crippen LogP contribution in [0.2, 0.25) is 0 Å². The normalized spacial score (nSPS) is 13.6. The average molecular weight is 476 g/mol. The number of carbonyl (C=O) groups excluding carboxylic acids is 1. The molecule has 1 aromatic heterocycles. The molecule has 0 aliphatic heterocycles. The number of thiazole rings is 1. The number of hydrogen-bond acceptors (Lipinski definition) is 6. The van der Waals surface area contributed by atoms with Crippen LogP contribution in [0.1, 0.15) is 50.8 Å². The zero-order chi connectivity index (χ0) is 24.1. The van der Waals surface area contributed by atoms with Gasteiger partial charge in [-0.2, -0.15) is 5.26 Å². The summed E-state index contributed by atoms with van der Waals surface area (Å²) in [6.45, 7) is 0.688. The average Bonchev–Trinajstić information content (AvgIpc) is 3.57. The van der Waals surface area contributed by atoms with Crippen LogP contribution in [-0.2, 0) is 23.2 Å². The minimum Gasteiger partial charge on any atom is -0.497 e. The van der Waals surface area contributed by atoms with Gasteiger partial charge in [0.15, 0.2) is 5.69 Å². The van der Waals surface area contributed by atoms with Gasteiger partial charge in [-0.15, -0.1) is 11.3 Å². The van der Waals surface area contributed by atoms with Gasteiger partial charge >= 0.3 is 5.97 Å². The molecule has 174 valence electrons. The van der Waals surface area contributed by atoms with Crippen LogP contribution < -0.4 is 4.74 Å². The second kappa shape index (κ2) is 10.1. The Labute approximate surface area is 202 Å². The third-order valence-corrected chi connectivity index (χ3v) is 7.07. The maximum Gasteiger partial charge on any atom is 0.356 e. The molecule has 4 rings (SSSR count). The number of benzene rings is 2. The Kier molecular flexibility index (Phi) is 6.94. The molecule has 1 saturated carbocycles. The van der Waals surface area contributed by atoms with Gasteiger partial charge in [-0.05, 0) is 48.9 Å². The number of carboxylic acids is 1. The fourth-order valence-electron chi connectivity index (χ4n) is 4.15. The Hall–Kier alpha value is -3.70. The lowest BCUT2D eigenvalue weighted by Crippen LogP contribution is -2.39. The van der Waals surface area contributed by atoms with Crippen molar-refractivity contribution in [1.29, 1.82) is 5.26 Å². The van der Waals surface area contributed by atoms with Crippen molar-refractivity contribution >= 4 is 23.2 Å². The molecule has 1 heterocycles. The van der Waals surface area contributed by atoms with Gasteiger partial charge in [0, 0.05) is 6.54 Å². The summed E-state index contributed by atoms with van der Waals surface area (Å²) in [6, 6.07) is 19.6. The summed E-state index contributed by atoms with van der Waals surface area (Å²) in [6.07, 6.45) is 3.10. The fourth-order valence-corrected chi connectivity index (χ4v) is 5.02. The fraction of sp³-hybridized carbons (Fsp3) is 0.308. The van der Waals surface area contributed by atoms with Gasteiger partial charge in [-0.1, -0.05) is 42.5 Å². The van der Waals surface area contributed by atoms with Crippen molar-refractivity contribution in [2.24, 2.45) is 0 Å². The van der Waals surface area contributed by atoms with E-state index in [4.69, 9.17) is 4.74 Å². The quantitative estimate of drug-likeness (QED) is 0.466. The lowest BCUT2D eigenvalue weighted by molar-refractivity contribution is -0.134. The molecule has 8 heteroatoms. The van der Waals surface area contributed by atoms with E-state index < -0.39 is 11.4 Å². The van der Waals surface area contributed by atoms with Gasteiger partial charge < -0.3 is 14.7 Å². The summed E-state index contributed by atoms with van der Waals surface area (Å²) in [5.41, 5.74) is 1.31. The van der Waals surface area contributed by atoms with Crippen LogP contribution in [0, 0.1) is 11.3 Å². The van der Waals surface area contributed by atoms with E-state index in [0.29, 0.717) is 11.6 Å². The number of amides is 1. The van der Waals surface area contributed by atoms with Gasteiger partial charge in [0.2, 0.25) is 5.91 Å². The predicted octanol–water partition coefficient (Wildman–Crippen LogP) is 4.41. The first-order chi connectivity index (χ1) is 16.5. The van der Waals surface area contributed by atoms with Gasteiger partial charge in [-0.25, -0.2) is 9.78 Å². The molecule has 2 aromatic carbocycles. The number of carboxylic acid groups (broad SMARTS) is 1. The number of methoxy groups -OCH3 is 1. The smallest absolute Gasteiger partial charge is 0.356 e. The Morgan fingerprint density at radius 2 is 1.88 bits per heavy atom. The Morgan fingerprint density at radius 1 is 1.18 bits per heavy atom. The minimum absolute atomic E-state index is 0.0105. The van der Waals surface area contributed by atoms with E-state index in [-0.39, 0.29) is 23.0 Å². The Balaban J connectivity index is 1.57. The van der Waals surface area contributed by atoms with Crippen LogP contribution in [0.5, 0.6) is 5.75 Å². The first kappa shape index (κ1) is 23.5. The molecule has 0 atom stereocenters. The maximum atomic E-state index is 13.8. The number of nitriles is 1. The van der Waals surface area contributed by atoms with Crippen molar-refractivity contribution in [3.8, 4) is 11.8 Å². The molecule has 0 unspecified atom stereocenters. The molecule has 1 amide bonds. The number of aromatic nitrogens is 1. The molecule has 3 aromatic rings. The number of nitrogens with zero attached hydrogens (tertiary/aromatic N) is 3. The van der Waals surface area contributed by atoms with Crippen molar-refractivity contribution in [2.75, 3.05) is 13.7 Å². The lowest BCUT2D eigenvalue weighted by atomic mass is 9.94. The number of aryl methyl sites for hydroxylation is 1. The number of rotatable bonds is 10. The monoisotopic (exact) mass is 475 g/mol. The highest BCUT2D eigenvalue weighted by Gasteiger charge is 2.53. The Bertz CT molecular complexity index is 1210. The minimum atomic E-state index is -1.24. The van der Waals surface area contributed by atoms with Crippen LogP contribution in [0.15, 0.2) is 54.6 Å². The number of aromatic carboxylic acids is 1. The summed E-state index contributed by atoms with van der Waals surface area (Å²) in [4.78, 5) is 31.2. The maximum absolute atomic E-state index is 13.8. The highest BCUT2D eigenvalue weighted by atomic mass is 32.1. The molecular weight excluding hydrogens is 450 g/mol. The SMILES string of the molecule is COc1ccc(C2(C(=O)N(CCCc3ccccc3)Cc3nc(C(=O)O)c(C#N)s3)CC2)cc1. The van der Waals surface area contributed by atoms with Crippen molar-refractivity contribution in [3.05, 3.63) is 81.3 Å². The largest absolute Gasteiger partial charge is 0.497 e. The topological polar surface area (TPSA) is 104 Å². The first-order valence-electron chi connectivity index (χ1n) is 11.1. The molecule has 34 heavy (non-hydrogen) atoms. The summed E-state index contributed by atoms with van der Waals surface area (Å²) < 4.78 is 5.25. The van der Waals surface area contributed by atoms with E-state index >= 15 is 0 Å². The van der Waals surface area contributed by atoms with Crippen LogP contribution in [0.4, 0.5) is 0 Å². The van der Waals surface area contributed by atoms with Crippen LogP contribution >= 0.6 is 11.3 Å². The van der Waals surface area contributed by atoms with Crippen molar-refractivity contribution in [3.63, 3.8) is 0 Å². The summed E-state index contributed by atoms with van der Waals surface area (Å²) >= 11 is 1.03. The second-order valence-electron chi connectivity index (χ2n) is 8.33. The van der Waals surface area contributed by atoms with Crippen molar-refractivity contribution in [1.82, 2.24) is 9.88 Å². The second-order valence-corrected chi connectivity index (χ2v) is 9.41. The number of hydrogen-bond donors (Lipinski definition) is 1. The summed E-state index contributed by atoms with van der Waals surface area (Å²) in [7, 11) is 1.61. The molecule has 7 nitrogen and oxygen atoms in total. The number of carbonyl (C=O) groups is 2. The van der Waals surface area contributed by atoms with Gasteiger partial charge in [0.05, 0.1) is 19.1 Å². The van der Waals surface area contributed by atoms with Crippen molar-refractivity contribution < 1.29 is 19.4 Å².